The Hall–Kier alpha value is -2.92. The van der Waals surface area contributed by atoms with E-state index in [1.807, 2.05) is 0 Å². The molecule has 5 nitrogen and oxygen atoms in total. The van der Waals surface area contributed by atoms with Crippen LogP contribution in [0.2, 0.25) is 0 Å². The third kappa shape index (κ3) is 4.79. The lowest BCUT2D eigenvalue weighted by atomic mass is 10.1. The lowest BCUT2D eigenvalue weighted by Gasteiger charge is -2.14. The van der Waals surface area contributed by atoms with Gasteiger partial charge in [-0.2, -0.15) is 31.4 Å². The molecule has 1 aliphatic rings. The van der Waals surface area contributed by atoms with E-state index in [-0.39, 0.29) is 17.8 Å². The van der Waals surface area contributed by atoms with E-state index in [1.54, 1.807) is 0 Å². The van der Waals surface area contributed by atoms with Gasteiger partial charge in [0.1, 0.15) is 5.69 Å². The molecule has 1 amide bonds. The molecule has 3 heterocycles. The van der Waals surface area contributed by atoms with Gasteiger partial charge >= 0.3 is 12.4 Å². The number of alkyl halides is 6. The van der Waals surface area contributed by atoms with Crippen LogP contribution in [0.1, 0.15) is 36.7 Å². The Morgan fingerprint density at radius 2 is 1.93 bits per heavy atom. The van der Waals surface area contributed by atoms with Crippen LogP contribution < -0.4 is 5.32 Å². The van der Waals surface area contributed by atoms with Crippen molar-refractivity contribution in [2.24, 2.45) is 0 Å². The molecular formula is C18H15F7N4O. The molecular weight excluding hydrogens is 421 g/mol. The van der Waals surface area contributed by atoms with E-state index < -0.39 is 54.2 Å². The monoisotopic (exact) mass is 436 g/mol. The number of fused-ring (bicyclic) bond motifs is 1. The lowest BCUT2D eigenvalue weighted by Crippen LogP contribution is -2.28. The normalized spacial score (nSPS) is 16.4. The standard InChI is InChI=1S/C18H15F7N4O/c1-9(2-4-17(20,21)22)16(30)27-12-3-5-29-14(12)7-13(28-29)10-6-15(18(23,24)25)26-8-11(10)19/h6-8,12H,1-5H2,(H,27,30). The Labute approximate surface area is 165 Å². The number of pyridine rings is 1. The van der Waals surface area contributed by atoms with Gasteiger partial charge in [0.2, 0.25) is 5.91 Å². The van der Waals surface area contributed by atoms with Crippen molar-refractivity contribution in [1.29, 1.82) is 0 Å². The lowest BCUT2D eigenvalue weighted by molar-refractivity contribution is -0.141. The number of hydrogen-bond acceptors (Lipinski definition) is 3. The fourth-order valence-corrected chi connectivity index (χ4v) is 3.02. The van der Waals surface area contributed by atoms with Gasteiger partial charge in [-0.05, 0) is 25.0 Å². The predicted octanol–water partition coefficient (Wildman–Crippen LogP) is 4.56. The molecule has 0 aromatic carbocycles. The minimum absolute atomic E-state index is 0.0785. The van der Waals surface area contributed by atoms with E-state index in [0.717, 1.165) is 0 Å². The van der Waals surface area contributed by atoms with Crippen LogP contribution in [0.4, 0.5) is 30.7 Å². The third-order valence-corrected chi connectivity index (χ3v) is 4.56. The van der Waals surface area contributed by atoms with Gasteiger partial charge < -0.3 is 5.32 Å². The molecule has 162 valence electrons. The molecule has 0 bridgehead atoms. The molecule has 1 atom stereocenters. The second kappa shape index (κ2) is 7.73. The molecule has 1 N–H and O–H groups in total. The summed E-state index contributed by atoms with van der Waals surface area (Å²) < 4.78 is 90.9. The predicted molar refractivity (Wildman–Crippen MR) is 90.3 cm³/mol. The number of aromatic nitrogens is 3. The summed E-state index contributed by atoms with van der Waals surface area (Å²) in [7, 11) is 0. The highest BCUT2D eigenvalue weighted by Gasteiger charge is 2.34. The zero-order valence-electron chi connectivity index (χ0n) is 15.2. The van der Waals surface area contributed by atoms with Crippen LogP contribution >= 0.6 is 0 Å². The summed E-state index contributed by atoms with van der Waals surface area (Å²) in [4.78, 5) is 15.1. The first-order valence-corrected chi connectivity index (χ1v) is 8.71. The van der Waals surface area contributed by atoms with Crippen molar-refractivity contribution < 1.29 is 35.5 Å². The van der Waals surface area contributed by atoms with Crippen LogP contribution in [0.3, 0.4) is 0 Å². The van der Waals surface area contributed by atoms with Gasteiger partial charge in [-0.25, -0.2) is 9.37 Å². The number of hydrogen-bond donors (Lipinski definition) is 1. The van der Waals surface area contributed by atoms with E-state index in [9.17, 15) is 35.5 Å². The molecule has 0 saturated heterocycles. The van der Waals surface area contributed by atoms with E-state index >= 15 is 0 Å². The van der Waals surface area contributed by atoms with Crippen molar-refractivity contribution in [2.45, 2.75) is 44.2 Å². The molecule has 0 radical (unpaired) electrons. The maximum absolute atomic E-state index is 14.0. The fourth-order valence-electron chi connectivity index (χ4n) is 3.02. The van der Waals surface area contributed by atoms with E-state index in [2.05, 4.69) is 22.0 Å². The average Bonchev–Trinajstić information content (AvgIpc) is 3.20. The topological polar surface area (TPSA) is 59.8 Å². The molecule has 30 heavy (non-hydrogen) atoms. The summed E-state index contributed by atoms with van der Waals surface area (Å²) in [6.07, 6.45) is -10.1. The molecule has 12 heteroatoms. The van der Waals surface area contributed by atoms with Gasteiger partial charge in [0, 0.05) is 24.1 Å². The van der Waals surface area contributed by atoms with Gasteiger partial charge in [0.15, 0.2) is 5.82 Å². The van der Waals surface area contributed by atoms with Gasteiger partial charge in [-0.15, -0.1) is 0 Å². The minimum atomic E-state index is -4.77. The molecule has 2 aromatic heterocycles. The van der Waals surface area contributed by atoms with Crippen molar-refractivity contribution in [2.75, 3.05) is 0 Å². The molecule has 0 saturated carbocycles. The zero-order chi connectivity index (χ0) is 22.3. The van der Waals surface area contributed by atoms with Crippen molar-refractivity contribution in [3.63, 3.8) is 0 Å². The average molecular weight is 436 g/mol. The molecule has 2 aromatic rings. The van der Waals surface area contributed by atoms with Gasteiger partial charge in [-0.1, -0.05) is 6.58 Å². The van der Waals surface area contributed by atoms with Crippen LogP contribution in [0.5, 0.6) is 0 Å². The Balaban J connectivity index is 1.77. The number of nitrogens with zero attached hydrogens (tertiary/aromatic N) is 3. The van der Waals surface area contributed by atoms with Gasteiger partial charge in [0.05, 0.1) is 23.6 Å². The van der Waals surface area contributed by atoms with Gasteiger partial charge in [0.25, 0.3) is 0 Å². The number of nitrogens with one attached hydrogen (secondary N) is 1. The summed E-state index contributed by atoms with van der Waals surface area (Å²) in [5, 5.41) is 6.61. The zero-order valence-corrected chi connectivity index (χ0v) is 15.2. The largest absolute Gasteiger partial charge is 0.433 e. The summed E-state index contributed by atoms with van der Waals surface area (Å²) in [6, 6.07) is 1.22. The number of amides is 1. The SMILES string of the molecule is C=C(CCC(F)(F)F)C(=O)NC1CCn2nc(-c3cc(C(F)(F)F)ncc3F)cc21. The molecule has 0 spiro atoms. The Morgan fingerprint density at radius 3 is 2.57 bits per heavy atom. The van der Waals surface area contributed by atoms with Crippen LogP contribution in [0.15, 0.2) is 30.5 Å². The Morgan fingerprint density at radius 1 is 1.23 bits per heavy atom. The second-order valence-corrected chi connectivity index (χ2v) is 6.76. The number of carbonyl (C=O) groups excluding carboxylic acids is 1. The molecule has 1 aliphatic heterocycles. The van der Waals surface area contributed by atoms with E-state index in [1.165, 1.54) is 10.7 Å². The van der Waals surface area contributed by atoms with Crippen LogP contribution in [0, 0.1) is 5.82 Å². The highest BCUT2D eigenvalue weighted by Crippen LogP contribution is 2.34. The van der Waals surface area contributed by atoms with E-state index in [0.29, 0.717) is 24.4 Å². The summed E-state index contributed by atoms with van der Waals surface area (Å²) in [5.41, 5.74) is -1.62. The molecule has 0 aliphatic carbocycles. The second-order valence-electron chi connectivity index (χ2n) is 6.76. The quantitative estimate of drug-likeness (QED) is 0.552. The van der Waals surface area contributed by atoms with Crippen molar-refractivity contribution in [3.05, 3.63) is 47.7 Å². The number of carbonyl (C=O) groups is 1. The van der Waals surface area contributed by atoms with E-state index in [4.69, 9.17) is 0 Å². The number of aryl methyl sites for hydroxylation is 1. The summed E-state index contributed by atoms with van der Waals surface area (Å²) >= 11 is 0. The van der Waals surface area contributed by atoms with Gasteiger partial charge in [-0.3, -0.25) is 9.48 Å². The van der Waals surface area contributed by atoms with Crippen LogP contribution in [-0.2, 0) is 17.5 Å². The smallest absolute Gasteiger partial charge is 0.344 e. The number of rotatable bonds is 5. The third-order valence-electron chi connectivity index (χ3n) is 4.56. The fraction of sp³-hybridized carbons (Fsp3) is 0.389. The van der Waals surface area contributed by atoms with Crippen molar-refractivity contribution in [3.8, 4) is 11.3 Å². The van der Waals surface area contributed by atoms with Crippen LogP contribution in [-0.4, -0.2) is 26.8 Å². The molecule has 3 rings (SSSR count). The Kier molecular flexibility index (Phi) is 5.61. The Bertz CT molecular complexity index is 978. The number of halogens is 7. The summed E-state index contributed by atoms with van der Waals surface area (Å²) in [5.74, 6) is -1.77. The van der Waals surface area contributed by atoms with Crippen molar-refractivity contribution >= 4 is 5.91 Å². The maximum Gasteiger partial charge on any atom is 0.433 e. The maximum atomic E-state index is 14.0. The van der Waals surface area contributed by atoms with Crippen LogP contribution in [0.25, 0.3) is 11.3 Å². The first-order valence-electron chi connectivity index (χ1n) is 8.71. The first kappa shape index (κ1) is 21.8. The molecule has 0 fully saturated rings. The highest BCUT2D eigenvalue weighted by molar-refractivity contribution is 5.93. The molecule has 1 unspecified atom stereocenters. The summed E-state index contributed by atoms with van der Waals surface area (Å²) in [6.45, 7) is 3.64. The first-order chi connectivity index (χ1) is 13.8. The van der Waals surface area contributed by atoms with Crippen molar-refractivity contribution in [1.82, 2.24) is 20.1 Å². The minimum Gasteiger partial charge on any atom is -0.344 e. The highest BCUT2D eigenvalue weighted by atomic mass is 19.4.